The third-order valence-electron chi connectivity index (χ3n) is 4.40. The SMILES string of the molecule is CNc1ccccc1P(F)(F)(c1ccccc1)c1ccccc1NC. The molecule has 0 unspecified atom stereocenters. The fourth-order valence-corrected chi connectivity index (χ4v) is 6.58. The number of anilines is 2. The van der Waals surface area contributed by atoms with E-state index >= 15 is 8.39 Å². The van der Waals surface area contributed by atoms with Crippen molar-refractivity contribution in [3.05, 3.63) is 78.9 Å². The summed E-state index contributed by atoms with van der Waals surface area (Å²) < 4.78 is 33.9. The van der Waals surface area contributed by atoms with Crippen LogP contribution in [0.1, 0.15) is 0 Å². The van der Waals surface area contributed by atoms with Crippen LogP contribution < -0.4 is 26.5 Å². The van der Waals surface area contributed by atoms with E-state index in [1.165, 1.54) is 24.3 Å². The first-order valence-electron chi connectivity index (χ1n) is 8.07. The standard InChI is InChI=1S/C20H21F2N2P/c1-23-17-12-6-8-14-19(17)25(21,22,16-10-4-3-5-11-16)20-15-9-7-13-18(20)24-2/h3-15,23-24H,1-2H3. The van der Waals surface area contributed by atoms with Gasteiger partial charge in [0.1, 0.15) is 0 Å². The van der Waals surface area contributed by atoms with E-state index in [9.17, 15) is 0 Å². The van der Waals surface area contributed by atoms with Crippen LogP contribution in [0.5, 0.6) is 0 Å². The molecule has 0 heterocycles. The van der Waals surface area contributed by atoms with Gasteiger partial charge < -0.3 is 0 Å². The summed E-state index contributed by atoms with van der Waals surface area (Å²) in [5, 5.41) is 6.02. The van der Waals surface area contributed by atoms with E-state index < -0.39 is 7.22 Å². The molecule has 2 N–H and O–H groups in total. The summed E-state index contributed by atoms with van der Waals surface area (Å²) in [5.41, 5.74) is 0.889. The third kappa shape index (κ3) is 2.67. The van der Waals surface area contributed by atoms with Crippen molar-refractivity contribution in [3.63, 3.8) is 0 Å². The van der Waals surface area contributed by atoms with Crippen LogP contribution in [0.25, 0.3) is 0 Å². The van der Waals surface area contributed by atoms with Crippen molar-refractivity contribution < 1.29 is 8.39 Å². The van der Waals surface area contributed by atoms with E-state index in [4.69, 9.17) is 0 Å². The van der Waals surface area contributed by atoms with Gasteiger partial charge in [-0.05, 0) is 0 Å². The first-order valence-corrected chi connectivity index (χ1v) is 10.1. The fourth-order valence-electron chi connectivity index (χ4n) is 3.15. The molecule has 25 heavy (non-hydrogen) atoms. The molecule has 3 aromatic carbocycles. The Balaban J connectivity index is 2.46. The number of nitrogens with one attached hydrogen (secondary N) is 2. The predicted molar refractivity (Wildman–Crippen MR) is 106 cm³/mol. The molecule has 2 nitrogen and oxygen atoms in total. The van der Waals surface area contributed by atoms with E-state index in [-0.39, 0.29) is 15.9 Å². The molecule has 0 amide bonds. The minimum absolute atomic E-state index is 0.0462. The quantitative estimate of drug-likeness (QED) is 0.662. The van der Waals surface area contributed by atoms with Crippen LogP contribution >= 0.6 is 7.22 Å². The molecule has 0 aromatic heterocycles. The second-order valence-corrected chi connectivity index (χ2v) is 9.07. The second-order valence-electron chi connectivity index (χ2n) is 5.78. The van der Waals surface area contributed by atoms with E-state index in [0.717, 1.165) is 0 Å². The van der Waals surface area contributed by atoms with Gasteiger partial charge in [-0.25, -0.2) is 0 Å². The molecule has 0 fully saturated rings. The van der Waals surface area contributed by atoms with Gasteiger partial charge >= 0.3 is 146 Å². The van der Waals surface area contributed by atoms with Gasteiger partial charge in [-0.15, -0.1) is 0 Å². The second kappa shape index (κ2) is 6.45. The molecule has 0 saturated carbocycles. The molecular formula is C20H21F2N2P. The summed E-state index contributed by atoms with van der Waals surface area (Å²) in [7, 11) is -2.30. The minimum atomic E-state index is -5.64. The van der Waals surface area contributed by atoms with Gasteiger partial charge in [0.2, 0.25) is 0 Å². The van der Waals surface area contributed by atoms with Crippen molar-refractivity contribution in [1.82, 2.24) is 0 Å². The zero-order chi connectivity index (χ0) is 17.9. The molecule has 3 aromatic rings. The molecule has 0 aliphatic heterocycles. The van der Waals surface area contributed by atoms with Crippen LogP contribution in [-0.4, -0.2) is 14.1 Å². The summed E-state index contributed by atoms with van der Waals surface area (Å²) in [6.45, 7) is 0. The summed E-state index contributed by atoms with van der Waals surface area (Å²) in [5.74, 6) is 0. The number of benzene rings is 3. The molecule has 0 atom stereocenters. The molecule has 130 valence electrons. The molecule has 5 heteroatoms. The molecule has 3 rings (SSSR count). The van der Waals surface area contributed by atoms with Gasteiger partial charge in [0.25, 0.3) is 0 Å². The summed E-state index contributed by atoms with van der Waals surface area (Å²) in [4.78, 5) is 0. The van der Waals surface area contributed by atoms with Gasteiger partial charge in [-0.1, -0.05) is 0 Å². The summed E-state index contributed by atoms with van der Waals surface area (Å²) in [6.07, 6.45) is 0. The van der Waals surface area contributed by atoms with Gasteiger partial charge in [-0.3, -0.25) is 0 Å². The zero-order valence-corrected chi connectivity index (χ0v) is 15.1. The first kappa shape index (κ1) is 17.4. The average Bonchev–Trinajstić information content (AvgIpc) is 2.68. The van der Waals surface area contributed by atoms with Crippen molar-refractivity contribution in [3.8, 4) is 0 Å². The maximum atomic E-state index is 17.0. The maximum absolute atomic E-state index is 17.0. The Morgan fingerprint density at radius 2 is 1.00 bits per heavy atom. The van der Waals surface area contributed by atoms with Gasteiger partial charge in [0.15, 0.2) is 0 Å². The number of rotatable bonds is 5. The molecule has 0 aliphatic rings. The van der Waals surface area contributed by atoms with Gasteiger partial charge in [-0.2, -0.15) is 0 Å². The van der Waals surface area contributed by atoms with E-state index in [2.05, 4.69) is 10.6 Å². The van der Waals surface area contributed by atoms with Crippen LogP contribution in [0.15, 0.2) is 78.9 Å². The Bertz CT molecular complexity index is 830. The van der Waals surface area contributed by atoms with Crippen molar-refractivity contribution in [2.75, 3.05) is 24.7 Å². The topological polar surface area (TPSA) is 24.1 Å². The number of halogens is 2. The van der Waals surface area contributed by atoms with Crippen molar-refractivity contribution in [2.24, 2.45) is 0 Å². The molecule has 0 saturated heterocycles. The van der Waals surface area contributed by atoms with Crippen LogP contribution in [-0.2, 0) is 0 Å². The van der Waals surface area contributed by atoms with Crippen LogP contribution in [0, 0.1) is 0 Å². The normalized spacial score (nSPS) is 12.9. The van der Waals surface area contributed by atoms with E-state index in [0.29, 0.717) is 11.4 Å². The Hall–Kier alpha value is -2.45. The predicted octanol–water partition coefficient (Wildman–Crippen LogP) is 4.37. The van der Waals surface area contributed by atoms with Gasteiger partial charge in [0, 0.05) is 0 Å². The summed E-state index contributed by atoms with van der Waals surface area (Å²) in [6, 6.07) is 21.5. The number of para-hydroxylation sites is 2. The Kier molecular flexibility index (Phi) is 4.49. The van der Waals surface area contributed by atoms with Gasteiger partial charge in [0.05, 0.1) is 0 Å². The van der Waals surface area contributed by atoms with E-state index in [1.807, 2.05) is 0 Å². The van der Waals surface area contributed by atoms with Crippen molar-refractivity contribution >= 4 is 34.5 Å². The van der Waals surface area contributed by atoms with Crippen LogP contribution in [0.2, 0.25) is 0 Å². The van der Waals surface area contributed by atoms with Crippen LogP contribution in [0.3, 0.4) is 0 Å². The molecule has 0 radical (unpaired) electrons. The van der Waals surface area contributed by atoms with Crippen LogP contribution in [0.4, 0.5) is 19.8 Å². The molecular weight excluding hydrogens is 337 g/mol. The number of hydrogen-bond donors (Lipinski definition) is 2. The summed E-state index contributed by atoms with van der Waals surface area (Å²) >= 11 is 0. The third-order valence-corrected chi connectivity index (χ3v) is 8.08. The fraction of sp³-hybridized carbons (Fsp3) is 0.100. The molecule has 0 aliphatic carbocycles. The zero-order valence-electron chi connectivity index (χ0n) is 14.2. The van der Waals surface area contributed by atoms with E-state index in [1.54, 1.807) is 68.7 Å². The number of hydrogen-bond acceptors (Lipinski definition) is 2. The monoisotopic (exact) mass is 358 g/mol. The van der Waals surface area contributed by atoms with Crippen molar-refractivity contribution in [2.45, 2.75) is 0 Å². The molecule has 0 bridgehead atoms. The first-order chi connectivity index (χ1) is 12.0. The Morgan fingerprint density at radius 1 is 0.600 bits per heavy atom. The van der Waals surface area contributed by atoms with Crippen molar-refractivity contribution in [1.29, 1.82) is 0 Å². The molecule has 0 spiro atoms. The Labute approximate surface area is 147 Å². The average molecular weight is 358 g/mol. The Morgan fingerprint density at radius 3 is 1.44 bits per heavy atom.